The number of methoxy groups -OCH3 is 1. The van der Waals surface area contributed by atoms with Gasteiger partial charge >= 0.3 is 0 Å². The molecule has 110 valence electrons. The molecule has 0 saturated carbocycles. The molecule has 21 heavy (non-hydrogen) atoms. The van der Waals surface area contributed by atoms with Crippen LogP contribution in [0.5, 0.6) is 17.2 Å². The molecule has 6 heteroatoms. The molecule has 3 rings (SSSR count). The largest absolute Gasteiger partial charge is 0.495 e. The highest BCUT2D eigenvalue weighted by Crippen LogP contribution is 2.37. The van der Waals surface area contributed by atoms with Crippen molar-refractivity contribution in [1.29, 1.82) is 0 Å². The normalized spacial score (nSPS) is 13.6. The minimum absolute atomic E-state index is 0.178. The number of thiophene rings is 1. The van der Waals surface area contributed by atoms with Crippen LogP contribution >= 0.6 is 22.9 Å². The Morgan fingerprint density at radius 2 is 2.00 bits per heavy atom. The van der Waals surface area contributed by atoms with Gasteiger partial charge in [-0.15, -0.1) is 11.3 Å². The van der Waals surface area contributed by atoms with Crippen molar-refractivity contribution in [3.05, 3.63) is 39.0 Å². The minimum atomic E-state index is -0.178. The third-order valence-electron chi connectivity index (χ3n) is 3.14. The maximum Gasteiger partial charge on any atom is 0.208 e. The van der Waals surface area contributed by atoms with Crippen LogP contribution in [-0.4, -0.2) is 26.1 Å². The van der Waals surface area contributed by atoms with Gasteiger partial charge < -0.3 is 14.2 Å². The summed E-state index contributed by atoms with van der Waals surface area (Å²) in [5, 5.41) is 2.16. The van der Waals surface area contributed by atoms with E-state index in [-0.39, 0.29) is 5.78 Å². The molecular weight excluding hydrogens is 312 g/mol. The molecule has 0 spiro atoms. The molecule has 0 N–H and O–H groups in total. The molecule has 0 unspecified atom stereocenters. The molecule has 1 aliphatic heterocycles. The van der Waals surface area contributed by atoms with Crippen LogP contribution in [0.15, 0.2) is 23.6 Å². The first-order valence-corrected chi connectivity index (χ1v) is 7.72. The lowest BCUT2D eigenvalue weighted by Crippen LogP contribution is -2.03. The summed E-state index contributed by atoms with van der Waals surface area (Å²) in [5.74, 6) is 1.50. The lowest BCUT2D eigenvalue weighted by Gasteiger charge is -2.11. The Morgan fingerprint density at radius 1 is 1.29 bits per heavy atom. The van der Waals surface area contributed by atoms with E-state index < -0.39 is 0 Å². The fourth-order valence-corrected chi connectivity index (χ4v) is 3.16. The highest BCUT2D eigenvalue weighted by molar-refractivity contribution is 7.12. The first-order chi connectivity index (χ1) is 10.2. The van der Waals surface area contributed by atoms with E-state index in [9.17, 15) is 4.79 Å². The van der Waals surface area contributed by atoms with E-state index in [1.54, 1.807) is 18.2 Å². The van der Waals surface area contributed by atoms with Gasteiger partial charge in [0.1, 0.15) is 10.6 Å². The lowest BCUT2D eigenvalue weighted by molar-refractivity contribution is 0.103. The molecule has 0 amide bonds. The zero-order valence-electron chi connectivity index (χ0n) is 11.3. The zero-order chi connectivity index (χ0) is 14.8. The SMILES string of the molecule is COc1ccsc1C(=O)c1cc2c(cc1Cl)OCCCO2. The maximum atomic E-state index is 12.6. The van der Waals surface area contributed by atoms with E-state index in [4.69, 9.17) is 25.8 Å². The Bertz CT molecular complexity index is 680. The first-order valence-electron chi connectivity index (χ1n) is 6.46. The van der Waals surface area contributed by atoms with Crippen LogP contribution in [0.3, 0.4) is 0 Å². The molecule has 0 saturated heterocycles. The first kappa shape index (κ1) is 14.2. The molecule has 2 aromatic rings. The third kappa shape index (κ3) is 2.71. The minimum Gasteiger partial charge on any atom is -0.495 e. The molecule has 1 aromatic carbocycles. The predicted molar refractivity (Wildman–Crippen MR) is 81.4 cm³/mol. The smallest absolute Gasteiger partial charge is 0.208 e. The Kier molecular flexibility index (Phi) is 4.03. The summed E-state index contributed by atoms with van der Waals surface area (Å²) in [6.45, 7) is 1.14. The van der Waals surface area contributed by atoms with Crippen molar-refractivity contribution in [2.45, 2.75) is 6.42 Å². The Balaban J connectivity index is 2.02. The van der Waals surface area contributed by atoms with Crippen molar-refractivity contribution in [3.8, 4) is 17.2 Å². The number of carbonyl (C=O) groups is 1. The second-order valence-corrected chi connectivity index (χ2v) is 5.80. The summed E-state index contributed by atoms with van der Waals surface area (Å²) in [7, 11) is 1.54. The summed E-state index contributed by atoms with van der Waals surface area (Å²) < 4.78 is 16.4. The number of halogens is 1. The van der Waals surface area contributed by atoms with Crippen LogP contribution in [-0.2, 0) is 0 Å². The van der Waals surface area contributed by atoms with E-state index in [0.29, 0.717) is 45.9 Å². The fourth-order valence-electron chi connectivity index (χ4n) is 2.10. The lowest BCUT2D eigenvalue weighted by atomic mass is 10.1. The molecule has 2 heterocycles. The number of hydrogen-bond acceptors (Lipinski definition) is 5. The molecule has 1 aliphatic rings. The molecular formula is C15H13ClO4S. The number of ether oxygens (including phenoxy) is 3. The molecule has 0 radical (unpaired) electrons. The number of rotatable bonds is 3. The summed E-state index contributed by atoms with van der Waals surface area (Å²) >= 11 is 7.55. The van der Waals surface area contributed by atoms with Gasteiger partial charge in [-0.2, -0.15) is 0 Å². The number of hydrogen-bond donors (Lipinski definition) is 0. The van der Waals surface area contributed by atoms with Crippen LogP contribution in [0.1, 0.15) is 21.7 Å². The van der Waals surface area contributed by atoms with Crippen LogP contribution in [0.25, 0.3) is 0 Å². The second kappa shape index (κ2) is 5.95. The fraction of sp³-hybridized carbons (Fsp3) is 0.267. The summed E-state index contributed by atoms with van der Waals surface area (Å²) in [4.78, 5) is 13.2. The zero-order valence-corrected chi connectivity index (χ0v) is 12.9. The predicted octanol–water partition coefficient (Wildman–Crippen LogP) is 3.80. The van der Waals surface area contributed by atoms with E-state index in [2.05, 4.69) is 0 Å². The topological polar surface area (TPSA) is 44.8 Å². The van der Waals surface area contributed by atoms with Gasteiger partial charge in [0.05, 0.1) is 25.3 Å². The Morgan fingerprint density at radius 3 is 2.71 bits per heavy atom. The van der Waals surface area contributed by atoms with Gasteiger partial charge in [-0.25, -0.2) is 0 Å². The van der Waals surface area contributed by atoms with Gasteiger partial charge in [0.15, 0.2) is 11.5 Å². The molecule has 0 aliphatic carbocycles. The van der Waals surface area contributed by atoms with Gasteiger partial charge in [-0.3, -0.25) is 4.79 Å². The number of carbonyl (C=O) groups excluding carboxylic acids is 1. The van der Waals surface area contributed by atoms with E-state index in [0.717, 1.165) is 6.42 Å². The van der Waals surface area contributed by atoms with Crippen LogP contribution < -0.4 is 14.2 Å². The molecule has 0 fully saturated rings. The average Bonchev–Trinajstić information content (AvgIpc) is 2.85. The van der Waals surface area contributed by atoms with Gasteiger partial charge in [0.25, 0.3) is 0 Å². The Labute approximate surface area is 131 Å². The van der Waals surface area contributed by atoms with Gasteiger partial charge in [-0.05, 0) is 17.5 Å². The van der Waals surface area contributed by atoms with E-state index in [1.807, 2.05) is 5.38 Å². The number of fused-ring (bicyclic) bond motifs is 1. The summed E-state index contributed by atoms with van der Waals surface area (Å²) in [6.07, 6.45) is 0.800. The number of ketones is 1. The maximum absolute atomic E-state index is 12.6. The average molecular weight is 325 g/mol. The highest BCUT2D eigenvalue weighted by atomic mass is 35.5. The van der Waals surface area contributed by atoms with Crippen molar-refractivity contribution in [1.82, 2.24) is 0 Å². The molecule has 1 aromatic heterocycles. The van der Waals surface area contributed by atoms with E-state index >= 15 is 0 Å². The number of benzene rings is 1. The van der Waals surface area contributed by atoms with Crippen molar-refractivity contribution in [3.63, 3.8) is 0 Å². The second-order valence-electron chi connectivity index (χ2n) is 4.48. The summed E-state index contributed by atoms with van der Waals surface area (Å²) in [5.41, 5.74) is 0.390. The van der Waals surface area contributed by atoms with Crippen molar-refractivity contribution in [2.75, 3.05) is 20.3 Å². The molecule has 0 bridgehead atoms. The Hall–Kier alpha value is -1.72. The van der Waals surface area contributed by atoms with Crippen LogP contribution in [0.2, 0.25) is 5.02 Å². The van der Waals surface area contributed by atoms with Crippen LogP contribution in [0, 0.1) is 0 Å². The van der Waals surface area contributed by atoms with Gasteiger partial charge in [-0.1, -0.05) is 11.6 Å². The molecule has 0 atom stereocenters. The molecule has 4 nitrogen and oxygen atoms in total. The third-order valence-corrected chi connectivity index (χ3v) is 4.34. The van der Waals surface area contributed by atoms with E-state index in [1.165, 1.54) is 18.4 Å². The quantitative estimate of drug-likeness (QED) is 0.805. The standard InChI is InChI=1S/C15H13ClO4S/c1-18-11-3-6-21-15(11)14(17)9-7-12-13(8-10(9)16)20-5-2-4-19-12/h3,6-8H,2,4-5H2,1H3. The highest BCUT2D eigenvalue weighted by Gasteiger charge is 2.22. The summed E-state index contributed by atoms with van der Waals surface area (Å²) in [6, 6.07) is 5.04. The van der Waals surface area contributed by atoms with Crippen molar-refractivity contribution >= 4 is 28.7 Å². The van der Waals surface area contributed by atoms with Crippen molar-refractivity contribution in [2.24, 2.45) is 0 Å². The van der Waals surface area contributed by atoms with Gasteiger partial charge in [0, 0.05) is 18.1 Å². The van der Waals surface area contributed by atoms with Gasteiger partial charge in [0.2, 0.25) is 5.78 Å². The van der Waals surface area contributed by atoms with Crippen molar-refractivity contribution < 1.29 is 19.0 Å². The monoisotopic (exact) mass is 324 g/mol. The van der Waals surface area contributed by atoms with Crippen LogP contribution in [0.4, 0.5) is 0 Å².